The number of aryl methyl sites for hydroxylation is 1. The van der Waals surface area contributed by atoms with Gasteiger partial charge >= 0.3 is 0 Å². The van der Waals surface area contributed by atoms with Crippen LogP contribution in [0.4, 0.5) is 5.95 Å². The summed E-state index contributed by atoms with van der Waals surface area (Å²) < 4.78 is 0. The molecule has 114 valence electrons. The Balaban J connectivity index is 1.84. The lowest BCUT2D eigenvalue weighted by Crippen LogP contribution is -2.38. The number of nitrogens with zero attached hydrogens (tertiary/aromatic N) is 3. The van der Waals surface area contributed by atoms with Crippen LogP contribution in [0, 0.1) is 0 Å². The maximum atomic E-state index is 6.17. The van der Waals surface area contributed by atoms with Crippen LogP contribution < -0.4 is 10.0 Å². The molecule has 2 aromatic rings. The molecule has 22 heavy (non-hydrogen) atoms. The minimum atomic E-state index is 0.685. The zero-order valence-electron chi connectivity index (χ0n) is 12.2. The maximum absolute atomic E-state index is 6.17. The molecule has 0 bridgehead atoms. The number of halogens is 1. The van der Waals surface area contributed by atoms with Gasteiger partial charge < -0.3 is 4.90 Å². The number of benzene rings is 1. The third-order valence-electron chi connectivity index (χ3n) is 4.39. The summed E-state index contributed by atoms with van der Waals surface area (Å²) in [7, 11) is 0. The smallest absolute Gasteiger partial charge is 0.226 e. The molecular weight excluding hydrogens is 316 g/mol. The fraction of sp³-hybridized carbons (Fsp3) is 0.375. The maximum Gasteiger partial charge on any atom is 0.226 e. The number of hydrogen-bond acceptors (Lipinski definition) is 5. The predicted molar refractivity (Wildman–Crippen MR) is 91.4 cm³/mol. The standard InChI is InChI=1S/C16H17ClN4S/c17-12-6-5-10(9-14(12)22-18)15-11-3-1-4-13(11)19-16(20-15)21-7-2-8-21/h5-6,9H,1-4,7-8,18H2. The van der Waals surface area contributed by atoms with E-state index >= 15 is 0 Å². The normalized spacial score (nSPS) is 16.5. The highest BCUT2D eigenvalue weighted by molar-refractivity contribution is 7.97. The van der Waals surface area contributed by atoms with E-state index in [4.69, 9.17) is 26.7 Å². The second kappa shape index (κ2) is 5.72. The molecule has 0 amide bonds. The van der Waals surface area contributed by atoms with E-state index in [9.17, 15) is 0 Å². The zero-order chi connectivity index (χ0) is 15.1. The molecule has 1 aromatic carbocycles. The first kappa shape index (κ1) is 14.3. The Morgan fingerprint density at radius 1 is 1.14 bits per heavy atom. The molecule has 0 atom stereocenters. The lowest BCUT2D eigenvalue weighted by molar-refractivity contribution is 0.599. The van der Waals surface area contributed by atoms with E-state index in [0.29, 0.717) is 5.02 Å². The summed E-state index contributed by atoms with van der Waals surface area (Å²) in [5.74, 6) is 0.874. The van der Waals surface area contributed by atoms with Crippen LogP contribution in [0.25, 0.3) is 11.3 Å². The van der Waals surface area contributed by atoms with E-state index in [1.54, 1.807) is 0 Å². The van der Waals surface area contributed by atoms with Crippen LogP contribution in [-0.4, -0.2) is 23.1 Å². The van der Waals surface area contributed by atoms with Crippen LogP contribution in [-0.2, 0) is 12.8 Å². The van der Waals surface area contributed by atoms with Gasteiger partial charge in [0.15, 0.2) is 0 Å². The third kappa shape index (κ3) is 2.37. The fourth-order valence-corrected chi connectivity index (χ4v) is 3.68. The largest absolute Gasteiger partial charge is 0.341 e. The summed E-state index contributed by atoms with van der Waals surface area (Å²) in [6.45, 7) is 2.12. The highest BCUT2D eigenvalue weighted by Crippen LogP contribution is 2.35. The molecule has 0 spiro atoms. The van der Waals surface area contributed by atoms with Crippen LogP contribution in [0.5, 0.6) is 0 Å². The molecule has 6 heteroatoms. The summed E-state index contributed by atoms with van der Waals surface area (Å²) >= 11 is 7.35. The van der Waals surface area contributed by atoms with E-state index in [1.165, 1.54) is 29.6 Å². The Bertz CT molecular complexity index is 730. The molecular formula is C16H17ClN4S. The van der Waals surface area contributed by atoms with Crippen LogP contribution in [0.2, 0.25) is 5.02 Å². The average Bonchev–Trinajstić information content (AvgIpc) is 2.93. The van der Waals surface area contributed by atoms with Gasteiger partial charge in [-0.2, -0.15) is 0 Å². The van der Waals surface area contributed by atoms with E-state index in [1.807, 2.05) is 18.2 Å². The topological polar surface area (TPSA) is 55.0 Å². The number of aromatic nitrogens is 2. The Kier molecular flexibility index (Phi) is 3.72. The van der Waals surface area contributed by atoms with E-state index < -0.39 is 0 Å². The fourth-order valence-electron chi connectivity index (χ4n) is 3.06. The summed E-state index contributed by atoms with van der Waals surface area (Å²) in [6.07, 6.45) is 4.49. The van der Waals surface area contributed by atoms with Gasteiger partial charge in [-0.05, 0) is 49.8 Å². The summed E-state index contributed by atoms with van der Waals surface area (Å²) in [6, 6.07) is 5.97. The summed E-state index contributed by atoms with van der Waals surface area (Å²) in [4.78, 5) is 12.8. The molecule has 1 aliphatic carbocycles. The number of fused-ring (bicyclic) bond motifs is 1. The van der Waals surface area contributed by atoms with Crippen molar-refractivity contribution in [1.29, 1.82) is 0 Å². The molecule has 2 N–H and O–H groups in total. The van der Waals surface area contributed by atoms with Crippen molar-refractivity contribution in [2.24, 2.45) is 5.14 Å². The van der Waals surface area contributed by atoms with Gasteiger partial charge in [-0.25, -0.2) is 9.97 Å². The Morgan fingerprint density at radius 2 is 2.00 bits per heavy atom. The lowest BCUT2D eigenvalue weighted by atomic mass is 10.1. The Morgan fingerprint density at radius 3 is 2.73 bits per heavy atom. The molecule has 1 saturated heterocycles. The van der Waals surface area contributed by atoms with Crippen molar-refractivity contribution in [1.82, 2.24) is 9.97 Å². The number of rotatable bonds is 3. The second-order valence-corrected chi connectivity index (χ2v) is 6.84. The van der Waals surface area contributed by atoms with Crippen molar-refractivity contribution in [3.05, 3.63) is 34.5 Å². The monoisotopic (exact) mass is 332 g/mol. The average molecular weight is 333 g/mol. The minimum Gasteiger partial charge on any atom is -0.341 e. The summed E-state index contributed by atoms with van der Waals surface area (Å²) in [5, 5.41) is 6.40. The van der Waals surface area contributed by atoms with Gasteiger partial charge in [-0.1, -0.05) is 17.7 Å². The molecule has 4 rings (SSSR count). The third-order valence-corrected chi connectivity index (χ3v) is 5.43. The van der Waals surface area contributed by atoms with Crippen molar-refractivity contribution in [3.8, 4) is 11.3 Å². The molecule has 4 nitrogen and oxygen atoms in total. The van der Waals surface area contributed by atoms with Crippen LogP contribution >= 0.6 is 23.5 Å². The van der Waals surface area contributed by atoms with Gasteiger partial charge in [0.1, 0.15) is 0 Å². The molecule has 0 unspecified atom stereocenters. The Labute approximate surface area is 139 Å². The van der Waals surface area contributed by atoms with E-state index in [0.717, 1.165) is 54.5 Å². The number of anilines is 1. The van der Waals surface area contributed by atoms with Crippen LogP contribution in [0.1, 0.15) is 24.1 Å². The Hall–Kier alpha value is -1.30. The molecule has 2 heterocycles. The molecule has 2 aliphatic rings. The predicted octanol–water partition coefficient (Wildman–Crippen LogP) is 3.46. The first-order valence-corrected chi connectivity index (χ1v) is 8.83. The highest BCUT2D eigenvalue weighted by atomic mass is 35.5. The highest BCUT2D eigenvalue weighted by Gasteiger charge is 2.24. The zero-order valence-corrected chi connectivity index (χ0v) is 13.8. The molecule has 0 saturated carbocycles. The SMILES string of the molecule is NSc1cc(-c2nc(N3CCC3)nc3c2CCC3)ccc1Cl. The quantitative estimate of drug-likeness (QED) is 0.872. The van der Waals surface area contributed by atoms with Gasteiger partial charge in [0.2, 0.25) is 5.95 Å². The number of hydrogen-bond donors (Lipinski definition) is 1. The van der Waals surface area contributed by atoms with Crippen molar-refractivity contribution in [3.63, 3.8) is 0 Å². The number of nitrogens with two attached hydrogens (primary N) is 1. The molecule has 0 radical (unpaired) electrons. The van der Waals surface area contributed by atoms with Crippen molar-refractivity contribution in [2.75, 3.05) is 18.0 Å². The van der Waals surface area contributed by atoms with Crippen LogP contribution in [0.15, 0.2) is 23.1 Å². The van der Waals surface area contributed by atoms with E-state index in [2.05, 4.69) is 4.90 Å². The van der Waals surface area contributed by atoms with Gasteiger partial charge in [0.25, 0.3) is 0 Å². The minimum absolute atomic E-state index is 0.685. The summed E-state index contributed by atoms with van der Waals surface area (Å²) in [5.41, 5.74) is 4.64. The van der Waals surface area contributed by atoms with E-state index in [-0.39, 0.29) is 0 Å². The van der Waals surface area contributed by atoms with Gasteiger partial charge in [-0.3, -0.25) is 5.14 Å². The van der Waals surface area contributed by atoms with Gasteiger partial charge in [0, 0.05) is 34.8 Å². The van der Waals surface area contributed by atoms with Crippen molar-refractivity contribution >= 4 is 29.5 Å². The van der Waals surface area contributed by atoms with Crippen molar-refractivity contribution < 1.29 is 0 Å². The first-order chi connectivity index (χ1) is 10.8. The molecule has 1 fully saturated rings. The lowest BCUT2D eigenvalue weighted by Gasteiger charge is -2.31. The van der Waals surface area contributed by atoms with Gasteiger partial charge in [0.05, 0.1) is 10.7 Å². The van der Waals surface area contributed by atoms with Gasteiger partial charge in [-0.15, -0.1) is 0 Å². The van der Waals surface area contributed by atoms with Crippen LogP contribution in [0.3, 0.4) is 0 Å². The second-order valence-electron chi connectivity index (χ2n) is 5.75. The first-order valence-electron chi connectivity index (χ1n) is 7.57. The molecule has 1 aliphatic heterocycles. The molecule has 1 aromatic heterocycles. The van der Waals surface area contributed by atoms with Crippen molar-refractivity contribution in [2.45, 2.75) is 30.6 Å².